The number of hydrogen-bond acceptors (Lipinski definition) is 6. The first-order valence-electron chi connectivity index (χ1n) is 5.62. The fourth-order valence-electron chi connectivity index (χ4n) is 1.32. The number of nitrogens with one attached hydrogen (secondary N) is 2. The van der Waals surface area contributed by atoms with Gasteiger partial charge in [-0.15, -0.1) is 0 Å². The number of hydrogen-bond donors (Lipinski definition) is 5. The Kier molecular flexibility index (Phi) is 4.75. The molecule has 1 aromatic rings. The Morgan fingerprint density at radius 2 is 2.05 bits per heavy atom. The summed E-state index contributed by atoms with van der Waals surface area (Å²) in [5.74, 6) is 0. The number of anilines is 2. The van der Waals surface area contributed by atoms with Crippen LogP contribution in [0.1, 0.15) is 6.92 Å². The molecule has 0 aliphatic heterocycles. The van der Waals surface area contributed by atoms with Gasteiger partial charge in [-0.05, 0) is 32.2 Å². The molecule has 1 aromatic carbocycles. The van der Waals surface area contributed by atoms with E-state index in [0.29, 0.717) is 11.4 Å². The van der Waals surface area contributed by atoms with Gasteiger partial charge in [-0.2, -0.15) is 0 Å². The summed E-state index contributed by atoms with van der Waals surface area (Å²) in [6.07, 6.45) is 0. The first-order valence-corrected chi connectivity index (χ1v) is 7.10. The Labute approximate surface area is 112 Å². The zero-order valence-corrected chi connectivity index (χ0v) is 11.7. The number of nitrogen functional groups attached to an aromatic ring is 1. The van der Waals surface area contributed by atoms with Crippen molar-refractivity contribution in [2.75, 3.05) is 31.2 Å². The first-order chi connectivity index (χ1) is 8.72. The van der Waals surface area contributed by atoms with E-state index in [9.17, 15) is 13.5 Å². The largest absolute Gasteiger partial charge is 0.397 e. The van der Waals surface area contributed by atoms with E-state index in [4.69, 9.17) is 10.8 Å². The molecule has 0 saturated carbocycles. The maximum atomic E-state index is 11.7. The number of sulfonamides is 1. The maximum Gasteiger partial charge on any atom is 0.240 e. The van der Waals surface area contributed by atoms with E-state index >= 15 is 0 Å². The quantitative estimate of drug-likeness (QED) is 0.442. The third-order valence-corrected chi connectivity index (χ3v) is 4.02. The molecule has 0 bridgehead atoms. The van der Waals surface area contributed by atoms with Crippen molar-refractivity contribution in [3.63, 3.8) is 0 Å². The topological polar surface area (TPSA) is 125 Å². The molecule has 0 heterocycles. The van der Waals surface area contributed by atoms with Crippen molar-refractivity contribution in [3.05, 3.63) is 18.2 Å². The van der Waals surface area contributed by atoms with E-state index in [2.05, 4.69) is 10.0 Å². The second kappa shape index (κ2) is 5.74. The van der Waals surface area contributed by atoms with Crippen LogP contribution in [-0.4, -0.2) is 44.4 Å². The Morgan fingerprint density at radius 1 is 1.42 bits per heavy atom. The Balaban J connectivity index is 2.99. The van der Waals surface area contributed by atoms with Gasteiger partial charge < -0.3 is 21.3 Å². The van der Waals surface area contributed by atoms with E-state index < -0.39 is 22.2 Å². The second-order valence-electron chi connectivity index (χ2n) is 4.47. The highest BCUT2D eigenvalue weighted by Crippen LogP contribution is 2.23. The molecule has 7 nitrogen and oxygen atoms in total. The fraction of sp³-hybridized carbons (Fsp3) is 0.455. The van der Waals surface area contributed by atoms with Gasteiger partial charge in [0, 0.05) is 6.54 Å². The van der Waals surface area contributed by atoms with E-state index in [0.717, 1.165) is 0 Å². The van der Waals surface area contributed by atoms with Crippen LogP contribution in [-0.2, 0) is 10.0 Å². The van der Waals surface area contributed by atoms with Crippen molar-refractivity contribution in [2.24, 2.45) is 0 Å². The molecule has 0 amide bonds. The van der Waals surface area contributed by atoms with Crippen LogP contribution in [0.15, 0.2) is 23.1 Å². The number of aliphatic hydroxyl groups is 2. The minimum absolute atomic E-state index is 0.0384. The normalized spacial score (nSPS) is 14.9. The third-order valence-electron chi connectivity index (χ3n) is 2.60. The molecule has 0 aliphatic carbocycles. The van der Waals surface area contributed by atoms with Gasteiger partial charge in [0.2, 0.25) is 10.0 Å². The van der Waals surface area contributed by atoms with Crippen LogP contribution in [0.25, 0.3) is 0 Å². The summed E-state index contributed by atoms with van der Waals surface area (Å²) < 4.78 is 25.5. The maximum absolute atomic E-state index is 11.7. The second-order valence-corrected chi connectivity index (χ2v) is 6.35. The predicted molar refractivity (Wildman–Crippen MR) is 73.3 cm³/mol. The van der Waals surface area contributed by atoms with Crippen LogP contribution in [0, 0.1) is 0 Å². The molecule has 1 rings (SSSR count). The lowest BCUT2D eigenvalue weighted by Crippen LogP contribution is -2.37. The fourth-order valence-corrected chi connectivity index (χ4v) is 2.07. The molecular formula is C11H19N3O4S. The van der Waals surface area contributed by atoms with Crippen LogP contribution in [0.5, 0.6) is 0 Å². The van der Waals surface area contributed by atoms with E-state index in [1.807, 2.05) is 0 Å². The number of rotatable bonds is 6. The monoisotopic (exact) mass is 289 g/mol. The summed E-state index contributed by atoms with van der Waals surface area (Å²) in [5.41, 5.74) is 5.14. The predicted octanol–water partition coefficient (Wildman–Crippen LogP) is -0.668. The SMILES string of the molecule is CNS(=O)(=O)c1ccc(N)c(NCC(C)(O)CO)c1. The number of aliphatic hydroxyl groups excluding tert-OH is 1. The van der Waals surface area contributed by atoms with Crippen LogP contribution >= 0.6 is 0 Å². The molecule has 1 unspecified atom stereocenters. The lowest BCUT2D eigenvalue weighted by molar-refractivity contribution is 0.0132. The smallest absolute Gasteiger partial charge is 0.240 e. The average molecular weight is 289 g/mol. The molecule has 0 aromatic heterocycles. The van der Waals surface area contributed by atoms with E-state index in [1.165, 1.54) is 32.2 Å². The molecule has 0 aliphatic rings. The van der Waals surface area contributed by atoms with Gasteiger partial charge >= 0.3 is 0 Å². The van der Waals surface area contributed by atoms with Gasteiger partial charge in [0.25, 0.3) is 0 Å². The number of benzene rings is 1. The van der Waals surface area contributed by atoms with E-state index in [1.54, 1.807) is 0 Å². The molecule has 0 fully saturated rings. The third kappa shape index (κ3) is 4.06. The minimum Gasteiger partial charge on any atom is -0.397 e. The highest BCUT2D eigenvalue weighted by Gasteiger charge is 2.19. The lowest BCUT2D eigenvalue weighted by Gasteiger charge is -2.22. The van der Waals surface area contributed by atoms with Crippen LogP contribution < -0.4 is 15.8 Å². The molecule has 0 radical (unpaired) electrons. The summed E-state index contributed by atoms with van der Waals surface area (Å²) in [4.78, 5) is 0.0651. The van der Waals surface area contributed by atoms with Crippen molar-refractivity contribution < 1.29 is 18.6 Å². The molecule has 19 heavy (non-hydrogen) atoms. The van der Waals surface area contributed by atoms with Gasteiger partial charge in [-0.1, -0.05) is 0 Å². The molecule has 0 saturated heterocycles. The summed E-state index contributed by atoms with van der Waals surface area (Å²) >= 11 is 0. The average Bonchev–Trinajstić information content (AvgIpc) is 2.37. The Bertz CT molecular complexity index is 543. The van der Waals surface area contributed by atoms with Crippen molar-refractivity contribution in [3.8, 4) is 0 Å². The van der Waals surface area contributed by atoms with Gasteiger partial charge in [-0.25, -0.2) is 13.1 Å². The first kappa shape index (κ1) is 15.7. The minimum atomic E-state index is -3.55. The Hall–Kier alpha value is -1.35. The molecule has 108 valence electrons. The van der Waals surface area contributed by atoms with E-state index in [-0.39, 0.29) is 11.4 Å². The zero-order valence-electron chi connectivity index (χ0n) is 10.8. The molecule has 0 spiro atoms. The van der Waals surface area contributed by atoms with Gasteiger partial charge in [-0.3, -0.25) is 0 Å². The molecule has 6 N–H and O–H groups in total. The molecule has 1 atom stereocenters. The summed E-state index contributed by atoms with van der Waals surface area (Å²) in [6.45, 7) is 1.07. The van der Waals surface area contributed by atoms with Crippen molar-refractivity contribution in [2.45, 2.75) is 17.4 Å². The lowest BCUT2D eigenvalue weighted by atomic mass is 10.1. The highest BCUT2D eigenvalue weighted by molar-refractivity contribution is 7.89. The summed E-state index contributed by atoms with van der Waals surface area (Å²) in [5, 5.41) is 21.4. The molecule has 8 heteroatoms. The zero-order chi connectivity index (χ0) is 14.7. The Morgan fingerprint density at radius 3 is 2.58 bits per heavy atom. The molecular weight excluding hydrogens is 270 g/mol. The highest BCUT2D eigenvalue weighted by atomic mass is 32.2. The number of nitrogens with two attached hydrogens (primary N) is 1. The standard InChI is InChI=1S/C11H19N3O4S/c1-11(16,7-15)6-14-10-5-8(3-4-9(10)12)19(17,18)13-2/h3-5,13-16H,6-7,12H2,1-2H3. The van der Waals surface area contributed by atoms with Crippen LogP contribution in [0.2, 0.25) is 0 Å². The van der Waals surface area contributed by atoms with Crippen molar-refractivity contribution >= 4 is 21.4 Å². The van der Waals surface area contributed by atoms with Gasteiger partial charge in [0.15, 0.2) is 0 Å². The van der Waals surface area contributed by atoms with Crippen molar-refractivity contribution in [1.82, 2.24) is 4.72 Å². The van der Waals surface area contributed by atoms with Crippen LogP contribution in [0.4, 0.5) is 11.4 Å². The van der Waals surface area contributed by atoms with Gasteiger partial charge in [0.1, 0.15) is 5.60 Å². The van der Waals surface area contributed by atoms with Crippen LogP contribution in [0.3, 0.4) is 0 Å². The van der Waals surface area contributed by atoms with Crippen molar-refractivity contribution in [1.29, 1.82) is 0 Å². The summed E-state index contributed by atoms with van der Waals surface area (Å²) in [6, 6.07) is 4.21. The summed E-state index contributed by atoms with van der Waals surface area (Å²) in [7, 11) is -2.24. The van der Waals surface area contributed by atoms with Gasteiger partial charge in [0.05, 0.1) is 22.9 Å².